The van der Waals surface area contributed by atoms with Crippen LogP contribution < -0.4 is 5.73 Å². The molecule has 0 radical (unpaired) electrons. The van der Waals surface area contributed by atoms with E-state index in [9.17, 15) is 0 Å². The zero-order chi connectivity index (χ0) is 12.3. The average Bonchev–Trinajstić information content (AvgIpc) is 2.81. The van der Waals surface area contributed by atoms with E-state index in [0.717, 1.165) is 29.9 Å². The van der Waals surface area contributed by atoms with Crippen molar-refractivity contribution >= 4 is 0 Å². The molecule has 0 aliphatic rings. The van der Waals surface area contributed by atoms with Gasteiger partial charge in [0, 0.05) is 6.54 Å². The summed E-state index contributed by atoms with van der Waals surface area (Å²) in [5.74, 6) is 0. The standard InChI is InChI=1S/C13H18N4/c1-3-10-7-5-6-8-13(10)17-12(4-2)11(9-14)15-16-17/h5-8H,3-4,9,14H2,1-2H3. The molecule has 0 atom stereocenters. The van der Waals surface area contributed by atoms with Gasteiger partial charge in [0.25, 0.3) is 0 Å². The fourth-order valence-electron chi connectivity index (χ4n) is 2.06. The highest BCUT2D eigenvalue weighted by atomic mass is 15.4. The van der Waals surface area contributed by atoms with Crippen LogP contribution in [-0.2, 0) is 19.4 Å². The summed E-state index contributed by atoms with van der Waals surface area (Å²) in [6.45, 7) is 4.69. The number of para-hydroxylation sites is 1. The number of aryl methyl sites for hydroxylation is 1. The van der Waals surface area contributed by atoms with Crippen LogP contribution in [0.15, 0.2) is 24.3 Å². The zero-order valence-corrected chi connectivity index (χ0v) is 10.3. The Morgan fingerprint density at radius 3 is 2.59 bits per heavy atom. The van der Waals surface area contributed by atoms with E-state index in [1.54, 1.807) is 0 Å². The number of hydrogen-bond acceptors (Lipinski definition) is 3. The van der Waals surface area contributed by atoms with Gasteiger partial charge in [-0.2, -0.15) is 0 Å². The molecule has 2 rings (SSSR count). The Kier molecular flexibility index (Phi) is 3.54. The van der Waals surface area contributed by atoms with Crippen molar-refractivity contribution in [2.75, 3.05) is 0 Å². The summed E-state index contributed by atoms with van der Waals surface area (Å²) in [5.41, 5.74) is 10.0. The molecule has 90 valence electrons. The molecular formula is C13H18N4. The molecule has 0 spiro atoms. The highest BCUT2D eigenvalue weighted by Gasteiger charge is 2.12. The summed E-state index contributed by atoms with van der Waals surface area (Å²) >= 11 is 0. The summed E-state index contributed by atoms with van der Waals surface area (Å²) in [4.78, 5) is 0. The SMILES string of the molecule is CCc1ccccc1-n1nnc(CN)c1CC. The summed E-state index contributed by atoms with van der Waals surface area (Å²) in [5, 5.41) is 8.37. The monoisotopic (exact) mass is 230 g/mol. The second-order valence-corrected chi connectivity index (χ2v) is 3.93. The maximum atomic E-state index is 5.67. The smallest absolute Gasteiger partial charge is 0.0999 e. The number of hydrogen-bond donors (Lipinski definition) is 1. The number of nitrogens with zero attached hydrogens (tertiary/aromatic N) is 3. The minimum atomic E-state index is 0.442. The summed E-state index contributed by atoms with van der Waals surface area (Å²) < 4.78 is 1.92. The molecule has 0 saturated heterocycles. The fraction of sp³-hybridized carbons (Fsp3) is 0.385. The van der Waals surface area contributed by atoms with Crippen LogP contribution in [0.1, 0.15) is 30.8 Å². The van der Waals surface area contributed by atoms with Crippen LogP contribution in [0.25, 0.3) is 5.69 Å². The van der Waals surface area contributed by atoms with E-state index in [2.05, 4.69) is 42.4 Å². The highest BCUT2D eigenvalue weighted by molar-refractivity contribution is 5.41. The molecule has 0 aliphatic carbocycles. The predicted octanol–water partition coefficient (Wildman–Crippen LogP) is 1.85. The molecule has 2 N–H and O–H groups in total. The molecular weight excluding hydrogens is 212 g/mol. The van der Waals surface area contributed by atoms with Crippen LogP contribution in [0.5, 0.6) is 0 Å². The molecule has 17 heavy (non-hydrogen) atoms. The third kappa shape index (κ3) is 2.08. The third-order valence-electron chi connectivity index (χ3n) is 2.97. The Hall–Kier alpha value is -1.68. The fourth-order valence-corrected chi connectivity index (χ4v) is 2.06. The van der Waals surface area contributed by atoms with Gasteiger partial charge in [0.05, 0.1) is 17.1 Å². The van der Waals surface area contributed by atoms with E-state index in [1.807, 2.05) is 10.7 Å². The first-order chi connectivity index (χ1) is 8.31. The lowest BCUT2D eigenvalue weighted by molar-refractivity contribution is 0.759. The number of nitrogens with two attached hydrogens (primary N) is 1. The molecule has 4 nitrogen and oxygen atoms in total. The number of rotatable bonds is 4. The van der Waals surface area contributed by atoms with Gasteiger partial charge in [0.15, 0.2) is 0 Å². The minimum Gasteiger partial charge on any atom is -0.325 e. The largest absolute Gasteiger partial charge is 0.325 e. The van der Waals surface area contributed by atoms with E-state index >= 15 is 0 Å². The van der Waals surface area contributed by atoms with Crippen LogP contribution in [0.3, 0.4) is 0 Å². The van der Waals surface area contributed by atoms with Gasteiger partial charge in [-0.15, -0.1) is 5.10 Å². The molecule has 4 heteroatoms. The molecule has 2 aromatic rings. The summed E-state index contributed by atoms with van der Waals surface area (Å²) in [6.07, 6.45) is 1.87. The first-order valence-electron chi connectivity index (χ1n) is 6.03. The molecule has 0 fully saturated rings. The van der Waals surface area contributed by atoms with Crippen LogP contribution in [0.4, 0.5) is 0 Å². The Morgan fingerprint density at radius 1 is 1.18 bits per heavy atom. The Labute approximate surface area is 101 Å². The quantitative estimate of drug-likeness (QED) is 0.872. The van der Waals surface area contributed by atoms with Gasteiger partial charge in [0.1, 0.15) is 0 Å². The molecule has 0 unspecified atom stereocenters. The third-order valence-corrected chi connectivity index (χ3v) is 2.97. The molecule has 1 aromatic heterocycles. The first kappa shape index (κ1) is 11.8. The maximum absolute atomic E-state index is 5.67. The second-order valence-electron chi connectivity index (χ2n) is 3.93. The van der Waals surface area contributed by atoms with Crippen LogP contribution in [0, 0.1) is 0 Å². The van der Waals surface area contributed by atoms with Crippen molar-refractivity contribution in [1.29, 1.82) is 0 Å². The van der Waals surface area contributed by atoms with Gasteiger partial charge < -0.3 is 5.73 Å². The maximum Gasteiger partial charge on any atom is 0.0999 e. The van der Waals surface area contributed by atoms with E-state index in [-0.39, 0.29) is 0 Å². The van der Waals surface area contributed by atoms with E-state index in [0.29, 0.717) is 6.54 Å². The van der Waals surface area contributed by atoms with Crippen molar-refractivity contribution < 1.29 is 0 Å². The Balaban J connectivity index is 2.56. The van der Waals surface area contributed by atoms with Crippen molar-refractivity contribution in [1.82, 2.24) is 15.0 Å². The van der Waals surface area contributed by atoms with Crippen LogP contribution in [0.2, 0.25) is 0 Å². The first-order valence-corrected chi connectivity index (χ1v) is 6.03. The molecule has 1 aromatic carbocycles. The molecule has 0 amide bonds. The van der Waals surface area contributed by atoms with Crippen LogP contribution >= 0.6 is 0 Å². The van der Waals surface area contributed by atoms with Gasteiger partial charge in [-0.1, -0.05) is 37.3 Å². The van der Waals surface area contributed by atoms with E-state index in [4.69, 9.17) is 5.73 Å². The van der Waals surface area contributed by atoms with E-state index < -0.39 is 0 Å². The highest BCUT2D eigenvalue weighted by Crippen LogP contribution is 2.18. The van der Waals surface area contributed by atoms with Gasteiger partial charge in [-0.25, -0.2) is 4.68 Å². The summed E-state index contributed by atoms with van der Waals surface area (Å²) in [7, 11) is 0. The lowest BCUT2D eigenvalue weighted by Crippen LogP contribution is -2.07. The van der Waals surface area contributed by atoms with Crippen molar-refractivity contribution in [2.45, 2.75) is 33.2 Å². The van der Waals surface area contributed by atoms with Crippen LogP contribution in [-0.4, -0.2) is 15.0 Å². The average molecular weight is 230 g/mol. The molecule has 0 saturated carbocycles. The van der Waals surface area contributed by atoms with Crippen molar-refractivity contribution in [3.05, 3.63) is 41.2 Å². The predicted molar refractivity (Wildman–Crippen MR) is 68.0 cm³/mol. The Morgan fingerprint density at radius 2 is 1.94 bits per heavy atom. The van der Waals surface area contributed by atoms with Gasteiger partial charge >= 0.3 is 0 Å². The number of aromatic nitrogens is 3. The summed E-state index contributed by atoms with van der Waals surface area (Å²) in [6, 6.07) is 8.28. The molecule has 1 heterocycles. The number of benzene rings is 1. The second kappa shape index (κ2) is 5.10. The van der Waals surface area contributed by atoms with Crippen molar-refractivity contribution in [3.8, 4) is 5.69 Å². The van der Waals surface area contributed by atoms with Crippen molar-refractivity contribution in [3.63, 3.8) is 0 Å². The Bertz CT molecular complexity index is 502. The van der Waals surface area contributed by atoms with Gasteiger partial charge in [-0.05, 0) is 24.5 Å². The molecule has 0 bridgehead atoms. The van der Waals surface area contributed by atoms with E-state index in [1.165, 1.54) is 5.56 Å². The van der Waals surface area contributed by atoms with Crippen molar-refractivity contribution in [2.24, 2.45) is 5.73 Å². The lowest BCUT2D eigenvalue weighted by atomic mass is 10.1. The van der Waals surface area contributed by atoms with Gasteiger partial charge in [-0.3, -0.25) is 0 Å². The molecule has 0 aliphatic heterocycles. The lowest BCUT2D eigenvalue weighted by Gasteiger charge is -2.09. The van der Waals surface area contributed by atoms with Gasteiger partial charge in [0.2, 0.25) is 0 Å². The topological polar surface area (TPSA) is 56.7 Å². The zero-order valence-electron chi connectivity index (χ0n) is 10.3. The minimum absolute atomic E-state index is 0.442. The normalized spacial score (nSPS) is 10.8.